The van der Waals surface area contributed by atoms with Gasteiger partial charge in [-0.25, -0.2) is 9.97 Å². The topological polar surface area (TPSA) is 35.6 Å². The van der Waals surface area contributed by atoms with Crippen LogP contribution in [-0.4, -0.2) is 19.1 Å². The molecular weight excluding hydrogens is 705 g/mol. The molecule has 7 aromatic carbocycles. The lowest BCUT2D eigenvalue weighted by Crippen LogP contribution is -2.27. The van der Waals surface area contributed by atoms with Crippen molar-refractivity contribution >= 4 is 44.9 Å². The van der Waals surface area contributed by atoms with E-state index in [2.05, 4.69) is 181 Å². The molecule has 58 heavy (non-hydrogen) atoms. The SMILES string of the molecule is C=C/C=c1\c(=C/C)n(-c2ccc(-c3ccc(-c4cc(-c5ccccc5)nc(-c5ccccc5)n4)cc3C)cc2)c2ccc(-n3c4ccccc4c4ccccc43)cc12. The fourth-order valence-electron chi connectivity index (χ4n) is 8.52. The maximum atomic E-state index is 5.06. The van der Waals surface area contributed by atoms with Crippen molar-refractivity contribution in [3.05, 3.63) is 205 Å². The molecule has 0 N–H and O–H groups in total. The molecule has 3 aromatic heterocycles. The third kappa shape index (κ3) is 5.94. The second kappa shape index (κ2) is 14.5. The summed E-state index contributed by atoms with van der Waals surface area (Å²) in [5, 5.41) is 5.98. The zero-order valence-corrected chi connectivity index (χ0v) is 32.5. The van der Waals surface area contributed by atoms with Crippen molar-refractivity contribution in [2.24, 2.45) is 0 Å². The fourth-order valence-corrected chi connectivity index (χ4v) is 8.52. The summed E-state index contributed by atoms with van der Waals surface area (Å²) in [4.78, 5) is 10.0. The molecule has 0 spiro atoms. The Kier molecular flexibility index (Phi) is 8.73. The summed E-state index contributed by atoms with van der Waals surface area (Å²) in [5.41, 5.74) is 14.2. The Morgan fingerprint density at radius 3 is 1.69 bits per heavy atom. The van der Waals surface area contributed by atoms with Gasteiger partial charge in [-0.05, 0) is 85.1 Å². The van der Waals surface area contributed by atoms with Gasteiger partial charge in [-0.3, -0.25) is 0 Å². The van der Waals surface area contributed by atoms with E-state index in [9.17, 15) is 0 Å². The van der Waals surface area contributed by atoms with E-state index >= 15 is 0 Å². The lowest BCUT2D eigenvalue weighted by molar-refractivity contribution is 1.07. The molecule has 10 aromatic rings. The number of fused-ring (bicyclic) bond motifs is 4. The maximum Gasteiger partial charge on any atom is 0.160 e. The van der Waals surface area contributed by atoms with Gasteiger partial charge >= 0.3 is 0 Å². The summed E-state index contributed by atoms with van der Waals surface area (Å²) >= 11 is 0. The van der Waals surface area contributed by atoms with Crippen LogP contribution >= 0.6 is 0 Å². The Bertz CT molecular complexity index is 3190. The van der Waals surface area contributed by atoms with E-state index in [1.165, 1.54) is 38.3 Å². The van der Waals surface area contributed by atoms with Crippen LogP contribution in [0.1, 0.15) is 12.5 Å². The number of para-hydroxylation sites is 2. The Morgan fingerprint density at radius 1 is 0.483 bits per heavy atom. The van der Waals surface area contributed by atoms with Crippen LogP contribution in [0.2, 0.25) is 0 Å². The van der Waals surface area contributed by atoms with E-state index in [0.29, 0.717) is 5.82 Å². The van der Waals surface area contributed by atoms with Gasteiger partial charge in [0.25, 0.3) is 0 Å². The van der Waals surface area contributed by atoms with E-state index in [0.717, 1.165) is 61.1 Å². The van der Waals surface area contributed by atoms with Crippen LogP contribution in [0.4, 0.5) is 0 Å². The van der Waals surface area contributed by atoms with Crippen LogP contribution in [0, 0.1) is 6.92 Å². The van der Waals surface area contributed by atoms with E-state index in [1.54, 1.807) is 0 Å². The third-order valence-electron chi connectivity index (χ3n) is 11.2. The van der Waals surface area contributed by atoms with Crippen LogP contribution in [0.15, 0.2) is 189 Å². The first-order chi connectivity index (χ1) is 28.6. The smallest absolute Gasteiger partial charge is 0.160 e. The van der Waals surface area contributed by atoms with Crippen molar-refractivity contribution in [2.45, 2.75) is 13.8 Å². The maximum absolute atomic E-state index is 5.06. The van der Waals surface area contributed by atoms with Crippen molar-refractivity contribution < 1.29 is 0 Å². The zero-order chi connectivity index (χ0) is 39.2. The van der Waals surface area contributed by atoms with E-state index in [-0.39, 0.29) is 0 Å². The van der Waals surface area contributed by atoms with Crippen LogP contribution in [0.3, 0.4) is 0 Å². The van der Waals surface area contributed by atoms with Gasteiger partial charge in [0.2, 0.25) is 0 Å². The normalized spacial score (nSPS) is 12.2. The monoisotopic (exact) mass is 744 g/mol. The molecule has 0 atom stereocenters. The number of hydrogen-bond donors (Lipinski definition) is 0. The lowest BCUT2D eigenvalue weighted by atomic mass is 9.96. The first-order valence-electron chi connectivity index (χ1n) is 19.7. The van der Waals surface area contributed by atoms with Gasteiger partial charge in [0.1, 0.15) is 0 Å². The van der Waals surface area contributed by atoms with Gasteiger partial charge < -0.3 is 9.13 Å². The lowest BCUT2D eigenvalue weighted by Gasteiger charge is -2.13. The van der Waals surface area contributed by atoms with Crippen LogP contribution in [-0.2, 0) is 0 Å². The predicted octanol–water partition coefficient (Wildman–Crippen LogP) is 12.3. The largest absolute Gasteiger partial charge is 0.310 e. The van der Waals surface area contributed by atoms with Crippen LogP contribution < -0.4 is 10.6 Å². The van der Waals surface area contributed by atoms with E-state index in [4.69, 9.17) is 9.97 Å². The average Bonchev–Trinajstić information content (AvgIpc) is 3.79. The molecule has 0 amide bonds. The van der Waals surface area contributed by atoms with Gasteiger partial charge in [0.15, 0.2) is 5.82 Å². The average molecular weight is 745 g/mol. The molecule has 0 unspecified atom stereocenters. The number of benzene rings is 7. The predicted molar refractivity (Wildman–Crippen MR) is 244 cm³/mol. The molecule has 4 nitrogen and oxygen atoms in total. The molecule has 3 heterocycles. The first kappa shape index (κ1) is 34.9. The Morgan fingerprint density at radius 2 is 1.05 bits per heavy atom. The van der Waals surface area contributed by atoms with E-state index in [1.807, 2.05) is 42.5 Å². The number of aryl methyl sites for hydroxylation is 1. The van der Waals surface area contributed by atoms with Gasteiger partial charge in [0.05, 0.1) is 27.9 Å². The third-order valence-corrected chi connectivity index (χ3v) is 11.2. The molecule has 276 valence electrons. The standard InChI is InChI=1S/C54H40N4/c1-4-16-44-47-34-42(58-51-23-14-12-21-45(51)46-22-13-15-24-52(46)58)30-32-53(47)57(50(44)5-2)41-28-25-37(26-29-41)43-31-27-40(33-36(43)3)49-35-48(38-17-8-6-9-18-38)55-54(56-49)39-19-10-7-11-20-39/h4-35H,1H2,2-3H3/b44-16-,50-5+. The number of hydrogen-bond acceptors (Lipinski definition) is 2. The number of allylic oxidation sites excluding steroid dienone is 1. The van der Waals surface area contributed by atoms with Crippen LogP contribution in [0.5, 0.6) is 0 Å². The molecule has 0 saturated carbocycles. The van der Waals surface area contributed by atoms with Gasteiger partial charge in [-0.15, -0.1) is 0 Å². The molecule has 0 aliphatic rings. The highest BCUT2D eigenvalue weighted by Crippen LogP contribution is 2.34. The minimum atomic E-state index is 0.715. The van der Waals surface area contributed by atoms with Crippen molar-refractivity contribution in [1.29, 1.82) is 0 Å². The molecule has 0 aliphatic heterocycles. The highest BCUT2D eigenvalue weighted by atomic mass is 15.0. The minimum Gasteiger partial charge on any atom is -0.310 e. The summed E-state index contributed by atoms with van der Waals surface area (Å²) in [6.07, 6.45) is 6.22. The van der Waals surface area contributed by atoms with Crippen molar-refractivity contribution in [3.8, 4) is 56.4 Å². The highest BCUT2D eigenvalue weighted by Gasteiger charge is 2.16. The summed E-state index contributed by atoms with van der Waals surface area (Å²) in [6.45, 7) is 8.39. The van der Waals surface area contributed by atoms with E-state index < -0.39 is 0 Å². The van der Waals surface area contributed by atoms with Gasteiger partial charge in [-0.2, -0.15) is 0 Å². The van der Waals surface area contributed by atoms with Crippen LogP contribution in [0.25, 0.3) is 101 Å². The molecule has 0 saturated heterocycles. The number of aromatic nitrogens is 4. The second-order valence-electron chi connectivity index (χ2n) is 14.7. The Balaban J connectivity index is 1.04. The minimum absolute atomic E-state index is 0.715. The number of rotatable bonds is 7. The molecule has 0 aliphatic carbocycles. The molecule has 0 bridgehead atoms. The Hall–Kier alpha value is -7.56. The molecule has 4 heteroatoms. The van der Waals surface area contributed by atoms with Crippen molar-refractivity contribution in [1.82, 2.24) is 19.1 Å². The molecule has 10 rings (SSSR count). The molecule has 0 fully saturated rings. The van der Waals surface area contributed by atoms with Gasteiger partial charge in [0, 0.05) is 54.8 Å². The quantitative estimate of drug-likeness (QED) is 0.163. The highest BCUT2D eigenvalue weighted by molar-refractivity contribution is 6.09. The summed E-state index contributed by atoms with van der Waals surface area (Å²) in [7, 11) is 0. The second-order valence-corrected chi connectivity index (χ2v) is 14.7. The van der Waals surface area contributed by atoms with Gasteiger partial charge in [-0.1, -0.05) is 146 Å². The van der Waals surface area contributed by atoms with Crippen molar-refractivity contribution in [2.75, 3.05) is 0 Å². The molecule has 0 radical (unpaired) electrons. The first-order valence-corrected chi connectivity index (χ1v) is 19.7. The summed E-state index contributed by atoms with van der Waals surface area (Å²) < 4.78 is 4.75. The molecular formula is C54H40N4. The Labute approximate surface area is 337 Å². The summed E-state index contributed by atoms with van der Waals surface area (Å²) in [5.74, 6) is 0.715. The summed E-state index contributed by atoms with van der Waals surface area (Å²) in [6, 6.07) is 62.3. The van der Waals surface area contributed by atoms with Crippen molar-refractivity contribution in [3.63, 3.8) is 0 Å². The number of nitrogens with zero attached hydrogens (tertiary/aromatic N) is 4. The zero-order valence-electron chi connectivity index (χ0n) is 32.5. The fraction of sp³-hybridized carbons (Fsp3) is 0.0370.